The number of rotatable bonds is 8. The molecule has 1 aliphatic rings. The van der Waals surface area contributed by atoms with Gasteiger partial charge in [-0.15, -0.1) is 0 Å². The lowest BCUT2D eigenvalue weighted by Gasteiger charge is -2.23. The van der Waals surface area contributed by atoms with E-state index in [2.05, 4.69) is 37.8 Å². The van der Waals surface area contributed by atoms with Gasteiger partial charge >= 0.3 is 0 Å². The topological polar surface area (TPSA) is 83.3 Å². The van der Waals surface area contributed by atoms with Crippen LogP contribution in [0, 0.1) is 11.3 Å². The maximum Gasteiger partial charge on any atom is 0.227 e. The Morgan fingerprint density at radius 1 is 1.18 bits per heavy atom. The van der Waals surface area contributed by atoms with Crippen LogP contribution >= 0.6 is 11.9 Å². The minimum atomic E-state index is 0.0819. The second kappa shape index (κ2) is 11.1. The van der Waals surface area contributed by atoms with Crippen molar-refractivity contribution in [3.05, 3.63) is 65.9 Å². The van der Waals surface area contributed by atoms with Gasteiger partial charge in [-0.1, -0.05) is 24.1 Å². The summed E-state index contributed by atoms with van der Waals surface area (Å²) in [5.41, 5.74) is 4.22. The summed E-state index contributed by atoms with van der Waals surface area (Å²) in [4.78, 5) is 9.02. The van der Waals surface area contributed by atoms with Crippen molar-refractivity contribution in [3.63, 3.8) is 0 Å². The summed E-state index contributed by atoms with van der Waals surface area (Å²) in [6, 6.07) is 17.9. The Kier molecular flexibility index (Phi) is 7.79. The van der Waals surface area contributed by atoms with Crippen LogP contribution in [0.4, 0.5) is 11.6 Å². The first-order valence-corrected chi connectivity index (χ1v) is 11.8. The fourth-order valence-electron chi connectivity index (χ4n) is 3.50. The molecule has 1 aromatic heterocycles. The van der Waals surface area contributed by atoms with E-state index < -0.39 is 0 Å². The number of benzene rings is 2. The number of ether oxygens (including phenoxy) is 2. The Bertz CT molecular complexity index is 1130. The molecule has 0 unspecified atom stereocenters. The van der Waals surface area contributed by atoms with E-state index in [-0.39, 0.29) is 6.10 Å². The molecule has 1 N–H and O–H groups in total. The first-order valence-electron chi connectivity index (χ1n) is 10.9. The number of hydrogen-bond acceptors (Lipinski definition) is 8. The van der Waals surface area contributed by atoms with E-state index in [4.69, 9.17) is 9.47 Å². The van der Waals surface area contributed by atoms with Gasteiger partial charge < -0.3 is 14.8 Å². The summed E-state index contributed by atoms with van der Waals surface area (Å²) in [6.07, 6.45) is 3.47. The van der Waals surface area contributed by atoms with Crippen molar-refractivity contribution in [2.45, 2.75) is 24.7 Å². The zero-order valence-corrected chi connectivity index (χ0v) is 19.6. The first-order chi connectivity index (χ1) is 16.1. The Balaban J connectivity index is 1.49. The van der Waals surface area contributed by atoms with Gasteiger partial charge in [0.1, 0.15) is 17.9 Å². The average Bonchev–Trinajstić information content (AvgIpc) is 2.84. The monoisotopic (exact) mass is 461 g/mol. The highest BCUT2D eigenvalue weighted by Crippen LogP contribution is 2.28. The predicted octanol–water partition coefficient (Wildman–Crippen LogP) is 5.03. The standard InChI is InChI=1S/C25H27N5O2S/c1-30(2)33-17-18-4-3-5-21(14-18)28-25-27-11-8-23(29-25)19-6-7-24(20(15-19)16-26)32-22-9-12-31-13-10-22/h3-8,11,14-15,22H,9-10,12-13,17H2,1-2H3,(H,27,28,29). The van der Waals surface area contributed by atoms with Gasteiger partial charge in [0.15, 0.2) is 0 Å². The van der Waals surface area contributed by atoms with E-state index in [0.717, 1.165) is 35.5 Å². The molecule has 0 bridgehead atoms. The minimum Gasteiger partial charge on any atom is -0.489 e. The quantitative estimate of drug-likeness (QED) is 0.468. The maximum atomic E-state index is 9.67. The largest absolute Gasteiger partial charge is 0.489 e. The zero-order valence-electron chi connectivity index (χ0n) is 18.8. The Morgan fingerprint density at radius 2 is 2.03 bits per heavy atom. The molecular formula is C25H27N5O2S. The van der Waals surface area contributed by atoms with Crippen LogP contribution in [0.2, 0.25) is 0 Å². The molecule has 0 atom stereocenters. The van der Waals surface area contributed by atoms with E-state index in [1.165, 1.54) is 5.56 Å². The highest BCUT2D eigenvalue weighted by atomic mass is 32.2. The Morgan fingerprint density at radius 3 is 2.82 bits per heavy atom. The number of aromatic nitrogens is 2. The van der Waals surface area contributed by atoms with Crippen molar-refractivity contribution < 1.29 is 9.47 Å². The Hall–Kier alpha value is -3.12. The van der Waals surface area contributed by atoms with Crippen LogP contribution in [-0.2, 0) is 10.5 Å². The van der Waals surface area contributed by atoms with Gasteiger partial charge in [0.2, 0.25) is 5.95 Å². The van der Waals surface area contributed by atoms with E-state index in [9.17, 15) is 5.26 Å². The van der Waals surface area contributed by atoms with E-state index >= 15 is 0 Å². The number of anilines is 2. The highest BCUT2D eigenvalue weighted by Gasteiger charge is 2.17. The van der Waals surface area contributed by atoms with Crippen LogP contribution in [0.25, 0.3) is 11.3 Å². The van der Waals surface area contributed by atoms with Crippen LogP contribution in [-0.4, -0.2) is 47.7 Å². The molecule has 170 valence electrons. The van der Waals surface area contributed by atoms with Gasteiger partial charge in [-0.2, -0.15) is 5.26 Å². The van der Waals surface area contributed by atoms with Crippen LogP contribution in [0.3, 0.4) is 0 Å². The summed E-state index contributed by atoms with van der Waals surface area (Å²) in [7, 11) is 4.07. The zero-order chi connectivity index (χ0) is 23.0. The summed E-state index contributed by atoms with van der Waals surface area (Å²) in [5, 5.41) is 13.0. The fraction of sp³-hybridized carbons (Fsp3) is 0.320. The number of nitrogens with one attached hydrogen (secondary N) is 1. The molecule has 0 spiro atoms. The van der Waals surface area contributed by atoms with E-state index in [1.807, 2.05) is 50.5 Å². The Labute approximate surface area is 198 Å². The first kappa shape index (κ1) is 23.1. The molecule has 8 heteroatoms. The third-order valence-corrected chi connectivity index (χ3v) is 6.16. The maximum absolute atomic E-state index is 9.67. The average molecular weight is 462 g/mol. The van der Waals surface area contributed by atoms with Crippen molar-refractivity contribution >= 4 is 23.6 Å². The molecule has 2 heterocycles. The third-order valence-electron chi connectivity index (χ3n) is 5.19. The fourth-order valence-corrected chi connectivity index (χ4v) is 4.09. The number of nitriles is 1. The minimum absolute atomic E-state index is 0.0819. The molecule has 0 radical (unpaired) electrons. The molecule has 1 fully saturated rings. The van der Waals surface area contributed by atoms with Crippen molar-refractivity contribution in [1.82, 2.24) is 14.3 Å². The molecule has 0 saturated carbocycles. The summed E-state index contributed by atoms with van der Waals surface area (Å²) in [6.45, 7) is 1.39. The van der Waals surface area contributed by atoms with Crippen LogP contribution in [0.5, 0.6) is 5.75 Å². The van der Waals surface area contributed by atoms with Gasteiger partial charge in [-0.3, -0.25) is 4.31 Å². The summed E-state index contributed by atoms with van der Waals surface area (Å²) < 4.78 is 13.5. The summed E-state index contributed by atoms with van der Waals surface area (Å²) in [5.74, 6) is 2.00. The molecule has 4 rings (SSSR count). The van der Waals surface area contributed by atoms with Gasteiger partial charge in [0.05, 0.1) is 24.5 Å². The summed E-state index contributed by atoms with van der Waals surface area (Å²) >= 11 is 1.75. The third kappa shape index (κ3) is 6.45. The van der Waals surface area contributed by atoms with Crippen LogP contribution in [0.1, 0.15) is 24.0 Å². The smallest absolute Gasteiger partial charge is 0.227 e. The molecule has 1 aliphatic heterocycles. The van der Waals surface area contributed by atoms with Crippen molar-refractivity contribution in [2.24, 2.45) is 0 Å². The molecular weight excluding hydrogens is 434 g/mol. The normalized spacial score (nSPS) is 14.1. The number of hydrogen-bond donors (Lipinski definition) is 1. The molecule has 7 nitrogen and oxygen atoms in total. The van der Waals surface area contributed by atoms with Crippen LogP contribution < -0.4 is 10.1 Å². The SMILES string of the molecule is CN(C)SCc1cccc(Nc2nccc(-c3ccc(OC4CCOCC4)c(C#N)c3)n2)c1. The van der Waals surface area contributed by atoms with Gasteiger partial charge in [-0.05, 0) is 56.1 Å². The molecule has 33 heavy (non-hydrogen) atoms. The van der Waals surface area contributed by atoms with Crippen molar-refractivity contribution in [1.29, 1.82) is 5.26 Å². The van der Waals surface area contributed by atoms with Crippen molar-refractivity contribution in [3.8, 4) is 23.1 Å². The van der Waals surface area contributed by atoms with E-state index in [0.29, 0.717) is 30.5 Å². The van der Waals surface area contributed by atoms with Gasteiger partial charge in [0.25, 0.3) is 0 Å². The second-order valence-corrected chi connectivity index (χ2v) is 9.21. The lowest BCUT2D eigenvalue weighted by Crippen LogP contribution is -2.26. The second-order valence-electron chi connectivity index (χ2n) is 7.93. The molecule has 1 saturated heterocycles. The van der Waals surface area contributed by atoms with Crippen molar-refractivity contribution in [2.75, 3.05) is 32.6 Å². The van der Waals surface area contributed by atoms with Gasteiger partial charge in [-0.25, -0.2) is 9.97 Å². The molecule has 0 amide bonds. The van der Waals surface area contributed by atoms with Gasteiger partial charge in [0, 0.05) is 36.0 Å². The van der Waals surface area contributed by atoms with E-state index in [1.54, 1.807) is 18.1 Å². The lowest BCUT2D eigenvalue weighted by molar-refractivity contribution is 0.0254. The number of nitrogens with zero attached hydrogens (tertiary/aromatic N) is 4. The highest BCUT2D eigenvalue weighted by molar-refractivity contribution is 7.96. The predicted molar refractivity (Wildman–Crippen MR) is 131 cm³/mol. The lowest BCUT2D eigenvalue weighted by atomic mass is 10.1. The molecule has 2 aromatic carbocycles. The molecule has 0 aliphatic carbocycles. The molecule has 3 aromatic rings. The van der Waals surface area contributed by atoms with Crippen LogP contribution in [0.15, 0.2) is 54.7 Å².